The quantitative estimate of drug-likeness (QED) is 0.118. The largest absolute Gasteiger partial charge is 0.674 e. The van der Waals surface area contributed by atoms with Crippen LogP contribution in [0.1, 0.15) is 5.56 Å². The summed E-state index contributed by atoms with van der Waals surface area (Å²) in [5.74, 6) is -0.972. The van der Waals surface area contributed by atoms with Crippen LogP contribution >= 0.6 is 0 Å². The van der Waals surface area contributed by atoms with Gasteiger partial charge in [0.1, 0.15) is 6.04 Å². The van der Waals surface area contributed by atoms with Gasteiger partial charge in [0.25, 0.3) is 0 Å². The number of nitrogens with one attached hydrogen (secondary N) is 1. The number of aliphatic carboxylic acids is 1. The van der Waals surface area contributed by atoms with Crippen molar-refractivity contribution in [1.82, 2.24) is 4.98 Å². The van der Waals surface area contributed by atoms with Crippen LogP contribution in [0.25, 0.3) is 10.9 Å². The lowest BCUT2D eigenvalue weighted by Gasteiger charge is -2.04. The lowest BCUT2D eigenvalue weighted by atomic mass is 10.1. The van der Waals surface area contributed by atoms with E-state index >= 15 is 0 Å². The van der Waals surface area contributed by atoms with E-state index in [-0.39, 0.29) is 0 Å². The maximum atomic E-state index is 10.6. The molecule has 1 atom stereocenters. The zero-order valence-electron chi connectivity index (χ0n) is 19.2. The number of fused-ring (bicyclic) bond motifs is 1. The molecule has 0 saturated heterocycles. The number of hydrogen-bond acceptors (Lipinski definition) is 14. The number of rotatable bonds is 3. The van der Waals surface area contributed by atoms with Crippen molar-refractivity contribution < 1.29 is 96.1 Å². The molecular formula is C11H24B6F6N2O14. The number of nitrogens with two attached hydrogens (primary N) is 1. The molecule has 0 aliphatic carbocycles. The minimum atomic E-state index is -2.67. The summed E-state index contributed by atoms with van der Waals surface area (Å²) in [6, 6.07) is 6.91. The molecule has 0 bridgehead atoms. The number of aromatic amines is 1. The molecule has 2 rings (SSSR count). The van der Waals surface area contributed by atoms with Crippen LogP contribution in [-0.2, 0) is 11.2 Å². The summed E-state index contributed by atoms with van der Waals surface area (Å²) in [6.45, 7) is 0. The van der Waals surface area contributed by atoms with E-state index in [0.717, 1.165) is 16.5 Å². The maximum absolute atomic E-state index is 10.6. The lowest BCUT2D eigenvalue weighted by molar-refractivity contribution is -0.138. The topological polar surface area (TPSA) is 322 Å². The highest BCUT2D eigenvalue weighted by Gasteiger charge is 2.14. The molecule has 222 valence electrons. The summed E-state index contributed by atoms with van der Waals surface area (Å²) in [5.41, 5.74) is 7.43. The zero-order chi connectivity index (χ0) is 32.3. The van der Waals surface area contributed by atoms with Gasteiger partial charge in [-0.1, -0.05) is 18.2 Å². The van der Waals surface area contributed by atoms with Crippen LogP contribution < -0.4 is 5.73 Å². The number of H-pyrrole nitrogens is 1. The predicted octanol–water partition coefficient (Wildman–Crippen LogP) is -5.33. The van der Waals surface area contributed by atoms with Gasteiger partial charge in [-0.2, -0.15) is 0 Å². The third kappa shape index (κ3) is 61.4. The van der Waals surface area contributed by atoms with Gasteiger partial charge in [-0.15, -0.1) is 0 Å². The fraction of sp³-hybridized carbons (Fsp3) is 0.182. The van der Waals surface area contributed by atoms with Gasteiger partial charge in [0.2, 0.25) is 0 Å². The van der Waals surface area contributed by atoms with Gasteiger partial charge < -0.3 is 76.1 Å². The molecule has 39 heavy (non-hydrogen) atoms. The Morgan fingerprint density at radius 2 is 0.974 bits per heavy atom. The van der Waals surface area contributed by atoms with Crippen molar-refractivity contribution in [3.63, 3.8) is 0 Å². The highest BCUT2D eigenvalue weighted by Crippen LogP contribution is 2.18. The summed E-state index contributed by atoms with van der Waals surface area (Å²) >= 11 is 0. The van der Waals surface area contributed by atoms with Crippen LogP contribution in [0.5, 0.6) is 0 Å². The predicted molar refractivity (Wildman–Crippen MR) is 125 cm³/mol. The van der Waals surface area contributed by atoms with E-state index in [1.165, 1.54) is 0 Å². The third-order valence-corrected chi connectivity index (χ3v) is 2.43. The van der Waals surface area contributed by atoms with E-state index in [0.29, 0.717) is 6.42 Å². The molecule has 0 amide bonds. The summed E-state index contributed by atoms with van der Waals surface area (Å²) in [6.07, 6.45) is 2.16. The number of carbonyl (C=O) groups is 1. The monoisotopic (exact) mass is 588 g/mol. The van der Waals surface area contributed by atoms with Crippen LogP contribution in [0.2, 0.25) is 0 Å². The Labute approximate surface area is 217 Å². The Morgan fingerprint density at radius 3 is 1.26 bits per heavy atom. The molecule has 0 fully saturated rings. The number of aromatic nitrogens is 1. The number of carboxylic acid groups (broad SMARTS) is 1. The number of halogens is 6. The molecular weight excluding hydrogens is 563 g/mol. The first-order chi connectivity index (χ1) is 17.6. The van der Waals surface area contributed by atoms with Gasteiger partial charge in [0.15, 0.2) is 0 Å². The van der Waals surface area contributed by atoms with Crippen molar-refractivity contribution >= 4 is 61.2 Å². The van der Waals surface area contributed by atoms with Crippen molar-refractivity contribution in [3.8, 4) is 0 Å². The summed E-state index contributed by atoms with van der Waals surface area (Å²) in [7, 11) is -16.0. The van der Waals surface area contributed by atoms with Crippen molar-refractivity contribution in [2.75, 3.05) is 0 Å². The van der Waals surface area contributed by atoms with E-state index in [9.17, 15) is 30.7 Å². The highest BCUT2D eigenvalue weighted by molar-refractivity contribution is 6.32. The molecule has 16 nitrogen and oxygen atoms in total. The zero-order valence-corrected chi connectivity index (χ0v) is 19.2. The Morgan fingerprint density at radius 1 is 0.692 bits per heavy atom. The van der Waals surface area contributed by atoms with Gasteiger partial charge >= 0.3 is 50.3 Å². The van der Waals surface area contributed by atoms with Crippen molar-refractivity contribution in [1.29, 1.82) is 0 Å². The van der Waals surface area contributed by atoms with Gasteiger partial charge in [0.05, 0.1) is 0 Å². The third-order valence-electron chi connectivity index (χ3n) is 2.43. The Balaban J connectivity index is -0.000000134. The molecule has 28 heteroatoms. The molecule has 2 aromatic rings. The van der Waals surface area contributed by atoms with E-state index in [2.05, 4.69) is 4.98 Å². The molecule has 1 aromatic carbocycles. The second-order valence-electron chi connectivity index (χ2n) is 5.37. The van der Waals surface area contributed by atoms with Crippen LogP contribution in [0.3, 0.4) is 0 Å². The second kappa shape index (κ2) is 30.2. The Hall–Kier alpha value is -2.32. The Kier molecular flexibility index (Phi) is 36.1. The number of carboxylic acids is 1. The fourth-order valence-corrected chi connectivity index (χ4v) is 1.62. The van der Waals surface area contributed by atoms with Crippen molar-refractivity contribution in [2.45, 2.75) is 12.5 Å². The standard InChI is InChI=1S/C11H12N2O2.6BFH2O2/c12-9(11(14)15)5-7-6-13-10-4-2-1-3-8(7)10;6*2-1(3)4/h1-4,6,9,13H,5,12H2,(H,14,15);6*3-4H. The average molecular weight is 587 g/mol. The first kappa shape index (κ1) is 46.5. The number of para-hydroxylation sites is 1. The molecule has 0 aliphatic heterocycles. The summed E-state index contributed by atoms with van der Waals surface area (Å²) in [5, 5.41) is 93.1. The van der Waals surface area contributed by atoms with E-state index in [1.54, 1.807) is 0 Å². The van der Waals surface area contributed by atoms with Gasteiger partial charge in [-0.25, -0.2) is 0 Å². The van der Waals surface area contributed by atoms with Crippen molar-refractivity contribution in [3.05, 3.63) is 36.0 Å². The van der Waals surface area contributed by atoms with E-state index in [1.807, 2.05) is 30.5 Å². The molecule has 0 spiro atoms. The minimum Gasteiger partial charge on any atom is -0.480 e. The SMILES string of the molecule is NC(Cc1c[nH]c2ccccc12)C(=O)O.OB(O)F.OB(O)F.OB(O)F.OB(O)F.OB(O)F.OB(O)F. The van der Waals surface area contributed by atoms with Gasteiger partial charge in [0, 0.05) is 23.5 Å². The Bertz CT molecular complexity index is 740. The summed E-state index contributed by atoms with van der Waals surface area (Å²) < 4.78 is 60.7. The molecule has 0 saturated carbocycles. The van der Waals surface area contributed by atoms with Gasteiger partial charge in [-0.3, -0.25) is 30.7 Å². The second-order valence-corrected chi connectivity index (χ2v) is 5.37. The van der Waals surface area contributed by atoms with Crippen molar-refractivity contribution in [2.24, 2.45) is 5.73 Å². The highest BCUT2D eigenvalue weighted by atomic mass is 19.1. The molecule has 1 aromatic heterocycles. The lowest BCUT2D eigenvalue weighted by Crippen LogP contribution is -2.32. The average Bonchev–Trinajstić information content (AvgIpc) is 3.08. The first-order valence-electron chi connectivity index (χ1n) is 9.12. The van der Waals surface area contributed by atoms with E-state index in [4.69, 9.17) is 71.1 Å². The summed E-state index contributed by atoms with van der Waals surface area (Å²) in [4.78, 5) is 13.7. The normalized spacial score (nSPS) is 9.10. The molecule has 16 N–H and O–H groups in total. The maximum Gasteiger partial charge on any atom is 0.674 e. The first-order valence-corrected chi connectivity index (χ1v) is 9.12. The number of hydrogen-bond donors (Lipinski definition) is 15. The molecule has 1 heterocycles. The van der Waals surface area contributed by atoms with Crippen LogP contribution in [0, 0.1) is 0 Å². The minimum absolute atomic E-state index is 0.347. The molecule has 0 radical (unpaired) electrons. The number of benzene rings is 1. The van der Waals surface area contributed by atoms with Crippen LogP contribution in [0.15, 0.2) is 30.5 Å². The van der Waals surface area contributed by atoms with E-state index < -0.39 is 56.4 Å². The smallest absolute Gasteiger partial charge is 0.480 e. The van der Waals surface area contributed by atoms with Crippen LogP contribution in [0.4, 0.5) is 25.9 Å². The molecule has 0 aliphatic rings. The van der Waals surface area contributed by atoms with Gasteiger partial charge in [-0.05, 0) is 11.6 Å². The van der Waals surface area contributed by atoms with Crippen LogP contribution in [-0.4, -0.2) is 127 Å². The molecule has 1 unspecified atom stereocenters. The fourth-order valence-electron chi connectivity index (χ4n) is 1.62.